The Hall–Kier alpha value is -0.830. The monoisotopic (exact) mass is 350 g/mol. The molecule has 0 bridgehead atoms. The first-order valence-corrected chi connectivity index (χ1v) is 8.05. The van der Waals surface area contributed by atoms with Crippen LogP contribution in [0.4, 0.5) is 0 Å². The first kappa shape index (κ1) is 14.6. The van der Waals surface area contributed by atoms with Crippen LogP contribution in [0.3, 0.4) is 0 Å². The molecule has 106 valence electrons. The number of ether oxygens (including phenoxy) is 2. The van der Waals surface area contributed by atoms with E-state index < -0.39 is 10.0 Å². The second-order valence-corrected chi connectivity index (χ2v) is 6.52. The summed E-state index contributed by atoms with van der Waals surface area (Å²) in [4.78, 5) is 0.146. The lowest BCUT2D eigenvalue weighted by Gasteiger charge is -2.20. The van der Waals surface area contributed by atoms with E-state index in [1.165, 1.54) is 6.07 Å². The predicted octanol–water partition coefficient (Wildman–Crippen LogP) is 0.718. The Balaban J connectivity index is 2.28. The maximum Gasteiger partial charge on any atom is 0.241 e. The second-order valence-electron chi connectivity index (χ2n) is 3.93. The van der Waals surface area contributed by atoms with E-state index in [1.807, 2.05) is 0 Å². The molecule has 0 aromatic heterocycles. The zero-order chi connectivity index (χ0) is 13.9. The maximum absolute atomic E-state index is 12.1. The van der Waals surface area contributed by atoms with Gasteiger partial charge in [-0.25, -0.2) is 13.1 Å². The van der Waals surface area contributed by atoms with Gasteiger partial charge in [0, 0.05) is 23.6 Å². The molecular weight excluding hydrogens is 336 g/mol. The number of nitrogens with one attached hydrogen (secondary N) is 2. The first-order chi connectivity index (χ1) is 9.04. The van der Waals surface area contributed by atoms with Gasteiger partial charge >= 0.3 is 0 Å². The minimum Gasteiger partial charge on any atom is -0.486 e. The standard InChI is InChI=1S/C11H15BrN2O4S/c1-13-2-3-14-19(15,16)11-7-10-9(6-8(11)12)17-4-5-18-10/h6-7,13-14H,2-5H2,1H3. The van der Waals surface area contributed by atoms with Gasteiger partial charge in [0.25, 0.3) is 0 Å². The number of halogens is 1. The molecule has 6 nitrogen and oxygen atoms in total. The Labute approximate surface area is 120 Å². The molecular formula is C11H15BrN2O4S. The highest BCUT2D eigenvalue weighted by Gasteiger charge is 2.22. The summed E-state index contributed by atoms with van der Waals surface area (Å²) in [6, 6.07) is 3.08. The normalized spacial score (nSPS) is 14.4. The lowest BCUT2D eigenvalue weighted by molar-refractivity contribution is 0.171. The van der Waals surface area contributed by atoms with Crippen LogP contribution in [0.1, 0.15) is 0 Å². The highest BCUT2D eigenvalue weighted by atomic mass is 79.9. The molecule has 0 amide bonds. The molecule has 2 N–H and O–H groups in total. The van der Waals surface area contributed by atoms with Crippen LogP contribution in [-0.4, -0.2) is 41.8 Å². The quantitative estimate of drug-likeness (QED) is 0.765. The van der Waals surface area contributed by atoms with Crippen molar-refractivity contribution in [1.29, 1.82) is 0 Å². The number of hydrogen-bond acceptors (Lipinski definition) is 5. The molecule has 2 rings (SSSR count). The van der Waals surface area contributed by atoms with E-state index >= 15 is 0 Å². The summed E-state index contributed by atoms with van der Waals surface area (Å²) < 4.78 is 38.0. The molecule has 1 aromatic rings. The Kier molecular flexibility index (Phi) is 4.67. The zero-order valence-electron chi connectivity index (χ0n) is 10.4. The van der Waals surface area contributed by atoms with Crippen molar-refractivity contribution >= 4 is 26.0 Å². The van der Waals surface area contributed by atoms with Gasteiger partial charge < -0.3 is 14.8 Å². The van der Waals surface area contributed by atoms with Crippen LogP contribution in [0.25, 0.3) is 0 Å². The van der Waals surface area contributed by atoms with E-state index in [4.69, 9.17) is 9.47 Å². The van der Waals surface area contributed by atoms with Crippen LogP contribution in [-0.2, 0) is 10.0 Å². The fourth-order valence-electron chi connectivity index (χ4n) is 1.64. The summed E-state index contributed by atoms with van der Waals surface area (Å²) in [6.45, 7) is 1.76. The van der Waals surface area contributed by atoms with Crippen molar-refractivity contribution < 1.29 is 17.9 Å². The number of rotatable bonds is 5. The topological polar surface area (TPSA) is 76.7 Å². The molecule has 0 fully saturated rings. The Morgan fingerprint density at radius 3 is 2.47 bits per heavy atom. The van der Waals surface area contributed by atoms with E-state index in [-0.39, 0.29) is 4.90 Å². The minimum absolute atomic E-state index is 0.146. The van der Waals surface area contributed by atoms with Crippen LogP contribution in [0.5, 0.6) is 11.5 Å². The molecule has 1 aliphatic rings. The average molecular weight is 351 g/mol. The van der Waals surface area contributed by atoms with Gasteiger partial charge in [-0.15, -0.1) is 0 Å². The molecule has 1 aromatic carbocycles. The van der Waals surface area contributed by atoms with Crippen molar-refractivity contribution in [2.45, 2.75) is 4.90 Å². The van der Waals surface area contributed by atoms with Gasteiger partial charge in [-0.05, 0) is 29.0 Å². The van der Waals surface area contributed by atoms with Crippen LogP contribution in [0.15, 0.2) is 21.5 Å². The Morgan fingerprint density at radius 2 is 1.84 bits per heavy atom. The van der Waals surface area contributed by atoms with Crippen molar-refractivity contribution in [1.82, 2.24) is 10.0 Å². The highest BCUT2D eigenvalue weighted by molar-refractivity contribution is 9.10. The predicted molar refractivity (Wildman–Crippen MR) is 74.2 cm³/mol. The molecule has 1 heterocycles. The third kappa shape index (κ3) is 3.38. The van der Waals surface area contributed by atoms with E-state index in [0.717, 1.165) is 0 Å². The highest BCUT2D eigenvalue weighted by Crippen LogP contribution is 2.37. The molecule has 0 saturated heterocycles. The maximum atomic E-state index is 12.1. The van der Waals surface area contributed by atoms with Crippen LogP contribution in [0, 0.1) is 0 Å². The van der Waals surface area contributed by atoms with Gasteiger partial charge in [0.15, 0.2) is 11.5 Å². The lowest BCUT2D eigenvalue weighted by atomic mass is 10.3. The average Bonchev–Trinajstić information content (AvgIpc) is 2.38. The van der Waals surface area contributed by atoms with Crippen molar-refractivity contribution in [2.24, 2.45) is 0 Å². The largest absolute Gasteiger partial charge is 0.486 e. The fourth-order valence-corrected chi connectivity index (χ4v) is 3.71. The molecule has 8 heteroatoms. The molecule has 0 radical (unpaired) electrons. The van der Waals surface area contributed by atoms with Crippen molar-refractivity contribution in [2.75, 3.05) is 33.4 Å². The molecule has 0 aliphatic carbocycles. The summed E-state index contributed by atoms with van der Waals surface area (Å²) >= 11 is 3.25. The van der Waals surface area contributed by atoms with Crippen molar-refractivity contribution in [3.8, 4) is 11.5 Å². The number of hydrogen-bond donors (Lipinski definition) is 2. The summed E-state index contributed by atoms with van der Waals surface area (Å²) in [6.07, 6.45) is 0. The van der Waals surface area contributed by atoms with Crippen LogP contribution >= 0.6 is 15.9 Å². The van der Waals surface area contributed by atoms with Gasteiger partial charge in [-0.3, -0.25) is 0 Å². The number of benzene rings is 1. The number of fused-ring (bicyclic) bond motifs is 1. The van der Waals surface area contributed by atoms with E-state index in [0.29, 0.717) is 42.3 Å². The summed E-state index contributed by atoms with van der Waals surface area (Å²) in [5, 5.41) is 2.87. The lowest BCUT2D eigenvalue weighted by Crippen LogP contribution is -2.30. The first-order valence-electron chi connectivity index (χ1n) is 5.78. The van der Waals surface area contributed by atoms with Crippen LogP contribution in [0.2, 0.25) is 0 Å². The van der Waals surface area contributed by atoms with E-state index in [1.54, 1.807) is 13.1 Å². The van der Waals surface area contributed by atoms with Crippen molar-refractivity contribution in [3.63, 3.8) is 0 Å². The Morgan fingerprint density at radius 1 is 1.21 bits per heavy atom. The summed E-state index contributed by atoms with van der Waals surface area (Å²) in [5.41, 5.74) is 0. The summed E-state index contributed by atoms with van der Waals surface area (Å²) in [5.74, 6) is 0.996. The fraction of sp³-hybridized carbons (Fsp3) is 0.455. The van der Waals surface area contributed by atoms with Gasteiger partial charge in [0.05, 0.1) is 0 Å². The molecule has 1 aliphatic heterocycles. The van der Waals surface area contributed by atoms with Gasteiger partial charge in [0.2, 0.25) is 10.0 Å². The summed E-state index contributed by atoms with van der Waals surface area (Å²) in [7, 11) is -1.81. The number of likely N-dealkylation sites (N-methyl/N-ethyl adjacent to an activating group) is 1. The SMILES string of the molecule is CNCCNS(=O)(=O)c1cc2c(cc1Br)OCCO2. The van der Waals surface area contributed by atoms with E-state index in [2.05, 4.69) is 26.0 Å². The number of sulfonamides is 1. The molecule has 0 saturated carbocycles. The third-order valence-corrected chi connectivity index (χ3v) is 4.97. The Bertz CT molecular complexity index is 562. The second kappa shape index (κ2) is 6.08. The van der Waals surface area contributed by atoms with Gasteiger partial charge in [-0.1, -0.05) is 0 Å². The smallest absolute Gasteiger partial charge is 0.241 e. The third-order valence-electron chi connectivity index (χ3n) is 2.55. The molecule has 0 unspecified atom stereocenters. The van der Waals surface area contributed by atoms with Gasteiger partial charge in [0.1, 0.15) is 18.1 Å². The molecule has 19 heavy (non-hydrogen) atoms. The molecule has 0 atom stereocenters. The molecule has 0 spiro atoms. The van der Waals surface area contributed by atoms with Gasteiger partial charge in [-0.2, -0.15) is 0 Å². The van der Waals surface area contributed by atoms with Crippen LogP contribution < -0.4 is 19.5 Å². The van der Waals surface area contributed by atoms with Crippen molar-refractivity contribution in [3.05, 3.63) is 16.6 Å². The zero-order valence-corrected chi connectivity index (χ0v) is 12.8. The minimum atomic E-state index is -3.57. The van der Waals surface area contributed by atoms with E-state index in [9.17, 15) is 8.42 Å².